The Hall–Kier alpha value is -2.60. The number of sulfonamides is 1. The molecule has 0 saturated heterocycles. The molecule has 1 heterocycles. The van der Waals surface area contributed by atoms with Gasteiger partial charge in [0.05, 0.1) is 30.2 Å². The fourth-order valence-corrected chi connectivity index (χ4v) is 4.77. The number of anilines is 1. The van der Waals surface area contributed by atoms with Crippen molar-refractivity contribution >= 4 is 27.8 Å². The Kier molecular flexibility index (Phi) is 5.37. The molecule has 0 amide bonds. The normalized spacial score (nSPS) is 13.7. The summed E-state index contributed by atoms with van der Waals surface area (Å²) in [5, 5.41) is 0. The molecule has 27 heavy (non-hydrogen) atoms. The molecule has 0 fully saturated rings. The second kappa shape index (κ2) is 7.56. The molecule has 0 radical (unpaired) electrons. The van der Waals surface area contributed by atoms with Crippen LogP contribution in [0.4, 0.5) is 5.69 Å². The number of ether oxygens (including phenoxy) is 1. The van der Waals surface area contributed by atoms with Gasteiger partial charge in [-0.3, -0.25) is 9.10 Å². The number of para-hydroxylation sites is 1. The van der Waals surface area contributed by atoms with Crippen molar-refractivity contribution in [2.24, 2.45) is 0 Å². The molecule has 0 aromatic heterocycles. The highest BCUT2D eigenvalue weighted by Crippen LogP contribution is 2.36. The molecule has 0 spiro atoms. The van der Waals surface area contributed by atoms with Crippen LogP contribution in [0.3, 0.4) is 0 Å². The Labute approximate surface area is 160 Å². The summed E-state index contributed by atoms with van der Waals surface area (Å²) in [6.45, 7) is 5.98. The van der Waals surface area contributed by atoms with Crippen LogP contribution in [-0.4, -0.2) is 27.5 Å². The van der Waals surface area contributed by atoms with Crippen LogP contribution in [0.1, 0.15) is 30.0 Å². The van der Waals surface area contributed by atoms with Gasteiger partial charge in [0.2, 0.25) is 0 Å². The Bertz CT molecular complexity index is 991. The van der Waals surface area contributed by atoms with Crippen LogP contribution in [-0.2, 0) is 19.6 Å². The molecule has 0 unspecified atom stereocenters. The van der Waals surface area contributed by atoms with E-state index in [-0.39, 0.29) is 23.8 Å². The highest BCUT2D eigenvalue weighted by Gasteiger charge is 2.31. The lowest BCUT2D eigenvalue weighted by atomic mass is 9.99. The van der Waals surface area contributed by atoms with Crippen LogP contribution in [0.15, 0.2) is 52.9 Å². The number of hydrogen-bond acceptors (Lipinski definition) is 4. The number of carbonyl (C=O) groups is 1. The van der Waals surface area contributed by atoms with Crippen LogP contribution >= 0.6 is 0 Å². The van der Waals surface area contributed by atoms with E-state index in [2.05, 4.69) is 0 Å². The SMILES string of the molecule is CCOC(=O)CC1=Cc2cccc(C)c2N(S(=O)(=O)c2ccc(C)cc2)C1. The average molecular weight is 385 g/mol. The van der Waals surface area contributed by atoms with Crippen molar-refractivity contribution in [2.45, 2.75) is 32.1 Å². The van der Waals surface area contributed by atoms with Gasteiger partial charge in [-0.05, 0) is 49.6 Å². The Morgan fingerprint density at radius 1 is 1.11 bits per heavy atom. The third-order valence-electron chi connectivity index (χ3n) is 4.51. The van der Waals surface area contributed by atoms with E-state index in [0.717, 1.165) is 16.7 Å². The van der Waals surface area contributed by atoms with Crippen molar-refractivity contribution in [3.63, 3.8) is 0 Å². The van der Waals surface area contributed by atoms with E-state index in [1.165, 1.54) is 4.31 Å². The molecule has 0 aliphatic carbocycles. The van der Waals surface area contributed by atoms with Gasteiger partial charge in [-0.25, -0.2) is 8.42 Å². The number of hydrogen-bond donors (Lipinski definition) is 0. The molecule has 2 aromatic carbocycles. The van der Waals surface area contributed by atoms with Gasteiger partial charge >= 0.3 is 5.97 Å². The summed E-state index contributed by atoms with van der Waals surface area (Å²) >= 11 is 0. The lowest BCUT2D eigenvalue weighted by molar-refractivity contribution is -0.142. The Morgan fingerprint density at radius 2 is 1.81 bits per heavy atom. The third-order valence-corrected chi connectivity index (χ3v) is 6.27. The van der Waals surface area contributed by atoms with E-state index in [1.54, 1.807) is 31.2 Å². The molecule has 6 heteroatoms. The maximum atomic E-state index is 13.4. The first-order valence-corrected chi connectivity index (χ1v) is 10.3. The van der Waals surface area contributed by atoms with Crippen LogP contribution in [0.5, 0.6) is 0 Å². The second-order valence-corrected chi connectivity index (χ2v) is 8.48. The zero-order valence-corrected chi connectivity index (χ0v) is 16.5. The van der Waals surface area contributed by atoms with Crippen LogP contribution in [0.25, 0.3) is 6.08 Å². The second-order valence-electron chi connectivity index (χ2n) is 6.62. The number of rotatable bonds is 5. The maximum Gasteiger partial charge on any atom is 0.309 e. The summed E-state index contributed by atoms with van der Waals surface area (Å²) in [5.41, 5.74) is 4.02. The number of fused-ring (bicyclic) bond motifs is 1. The lowest BCUT2D eigenvalue weighted by Gasteiger charge is -2.32. The van der Waals surface area contributed by atoms with Crippen LogP contribution < -0.4 is 4.31 Å². The summed E-state index contributed by atoms with van der Waals surface area (Å²) < 4.78 is 33.1. The molecular weight excluding hydrogens is 362 g/mol. The van der Waals surface area contributed by atoms with Gasteiger partial charge in [0.25, 0.3) is 10.0 Å². The maximum absolute atomic E-state index is 13.4. The molecule has 0 atom stereocenters. The predicted molar refractivity (Wildman–Crippen MR) is 106 cm³/mol. The van der Waals surface area contributed by atoms with Gasteiger partial charge in [-0.2, -0.15) is 0 Å². The zero-order chi connectivity index (χ0) is 19.6. The van der Waals surface area contributed by atoms with Gasteiger partial charge < -0.3 is 4.74 Å². The summed E-state index contributed by atoms with van der Waals surface area (Å²) in [6, 6.07) is 12.4. The van der Waals surface area contributed by atoms with E-state index in [0.29, 0.717) is 17.9 Å². The summed E-state index contributed by atoms with van der Waals surface area (Å²) in [7, 11) is -3.76. The molecule has 0 bridgehead atoms. The smallest absolute Gasteiger partial charge is 0.309 e. The van der Waals surface area contributed by atoms with Gasteiger partial charge in [-0.1, -0.05) is 42.0 Å². The van der Waals surface area contributed by atoms with Crippen molar-refractivity contribution in [3.8, 4) is 0 Å². The fourth-order valence-electron chi connectivity index (χ4n) is 3.21. The molecule has 1 aliphatic heterocycles. The highest BCUT2D eigenvalue weighted by molar-refractivity contribution is 7.92. The van der Waals surface area contributed by atoms with E-state index >= 15 is 0 Å². The summed E-state index contributed by atoms with van der Waals surface area (Å²) in [5.74, 6) is -0.354. The average Bonchev–Trinajstić information content (AvgIpc) is 2.61. The molecular formula is C21H23NO4S. The van der Waals surface area contributed by atoms with Gasteiger partial charge in [0.15, 0.2) is 0 Å². The summed E-state index contributed by atoms with van der Waals surface area (Å²) in [4.78, 5) is 12.2. The number of benzene rings is 2. The molecule has 0 saturated carbocycles. The fraction of sp³-hybridized carbons (Fsp3) is 0.286. The minimum atomic E-state index is -3.76. The van der Waals surface area contributed by atoms with E-state index < -0.39 is 10.0 Å². The molecule has 1 aliphatic rings. The van der Waals surface area contributed by atoms with Gasteiger partial charge in [0, 0.05) is 0 Å². The van der Waals surface area contributed by atoms with Crippen molar-refractivity contribution in [1.29, 1.82) is 0 Å². The molecule has 142 valence electrons. The van der Waals surface area contributed by atoms with Crippen molar-refractivity contribution in [1.82, 2.24) is 0 Å². The minimum Gasteiger partial charge on any atom is -0.466 e. The Morgan fingerprint density at radius 3 is 2.48 bits per heavy atom. The number of carbonyl (C=O) groups excluding carboxylic acids is 1. The third kappa shape index (κ3) is 3.90. The predicted octanol–water partition coefficient (Wildman–Crippen LogP) is 3.85. The molecule has 3 rings (SSSR count). The van der Waals surface area contributed by atoms with E-state index in [4.69, 9.17) is 4.74 Å². The monoisotopic (exact) mass is 385 g/mol. The number of aryl methyl sites for hydroxylation is 2. The zero-order valence-electron chi connectivity index (χ0n) is 15.7. The number of esters is 1. The Balaban J connectivity index is 2.06. The first-order valence-electron chi connectivity index (χ1n) is 8.87. The lowest BCUT2D eigenvalue weighted by Crippen LogP contribution is -2.36. The first kappa shape index (κ1) is 19.2. The quantitative estimate of drug-likeness (QED) is 0.734. The minimum absolute atomic E-state index is 0.0706. The van der Waals surface area contributed by atoms with Gasteiger partial charge in [-0.15, -0.1) is 0 Å². The van der Waals surface area contributed by atoms with E-state index in [9.17, 15) is 13.2 Å². The van der Waals surface area contributed by atoms with Crippen LogP contribution in [0.2, 0.25) is 0 Å². The standard InChI is InChI=1S/C21H23NO4S/c1-4-26-20(23)13-17-12-18-7-5-6-16(3)21(18)22(14-17)27(24,25)19-10-8-15(2)9-11-19/h5-12H,4,13-14H2,1-3H3. The summed E-state index contributed by atoms with van der Waals surface area (Å²) in [6.07, 6.45) is 1.96. The van der Waals surface area contributed by atoms with Crippen molar-refractivity contribution in [2.75, 3.05) is 17.5 Å². The van der Waals surface area contributed by atoms with Crippen LogP contribution in [0, 0.1) is 13.8 Å². The highest BCUT2D eigenvalue weighted by atomic mass is 32.2. The van der Waals surface area contributed by atoms with Crippen molar-refractivity contribution < 1.29 is 17.9 Å². The van der Waals surface area contributed by atoms with Gasteiger partial charge in [0.1, 0.15) is 0 Å². The van der Waals surface area contributed by atoms with Crippen molar-refractivity contribution in [3.05, 3.63) is 64.7 Å². The molecule has 0 N–H and O–H groups in total. The first-order chi connectivity index (χ1) is 12.8. The largest absolute Gasteiger partial charge is 0.466 e. The van der Waals surface area contributed by atoms with E-state index in [1.807, 2.05) is 38.1 Å². The molecule has 5 nitrogen and oxygen atoms in total. The molecule has 2 aromatic rings. The topological polar surface area (TPSA) is 63.7 Å². The number of nitrogens with zero attached hydrogens (tertiary/aromatic N) is 1.